The van der Waals surface area contributed by atoms with E-state index in [1.165, 1.54) is 32.6 Å². The summed E-state index contributed by atoms with van der Waals surface area (Å²) in [7, 11) is -0.489. The summed E-state index contributed by atoms with van der Waals surface area (Å²) in [6.07, 6.45) is 4.14. The zero-order valence-corrected chi connectivity index (χ0v) is 19.3. The second-order valence-corrected chi connectivity index (χ2v) is 10.3. The Bertz CT molecular complexity index is 1060. The van der Waals surface area contributed by atoms with Gasteiger partial charge in [0.1, 0.15) is 0 Å². The third-order valence-corrected chi connectivity index (χ3v) is 7.39. The van der Waals surface area contributed by atoms with Crippen LogP contribution in [0.1, 0.15) is 22.3 Å². The largest absolute Gasteiger partial charge is 0.399 e. The van der Waals surface area contributed by atoms with Gasteiger partial charge >= 0.3 is 0 Å². The highest BCUT2D eigenvalue weighted by molar-refractivity contribution is 6.67. The summed E-state index contributed by atoms with van der Waals surface area (Å²) in [4.78, 5) is 0. The molecule has 3 heteroatoms. The molecule has 0 bridgehead atoms. The number of rotatable bonds is 8. The van der Waals surface area contributed by atoms with Crippen molar-refractivity contribution in [3.05, 3.63) is 119 Å². The van der Waals surface area contributed by atoms with Crippen molar-refractivity contribution in [2.75, 3.05) is 11.5 Å². The molecule has 4 aromatic rings. The topological polar surface area (TPSA) is 52.0 Å². The first kappa shape index (κ1) is 20.9. The van der Waals surface area contributed by atoms with Gasteiger partial charge in [-0.3, -0.25) is 0 Å². The molecule has 0 amide bonds. The van der Waals surface area contributed by atoms with E-state index >= 15 is 0 Å². The molecular formula is C28H30N2Si. The number of hydrogen-bond acceptors (Lipinski definition) is 2. The fourth-order valence-corrected chi connectivity index (χ4v) is 5.81. The van der Waals surface area contributed by atoms with Crippen molar-refractivity contribution in [3.8, 4) is 0 Å². The van der Waals surface area contributed by atoms with Crippen LogP contribution < -0.4 is 21.8 Å². The SMILES string of the molecule is Nc1cccc(CCc2cccc([SiH2]c3cccc(CCc4cccc(N)c4)c3)c2)c1. The van der Waals surface area contributed by atoms with Gasteiger partial charge in [-0.05, 0) is 72.2 Å². The van der Waals surface area contributed by atoms with Gasteiger partial charge in [0.15, 0.2) is 0 Å². The van der Waals surface area contributed by atoms with Crippen LogP contribution in [0.5, 0.6) is 0 Å². The van der Waals surface area contributed by atoms with Gasteiger partial charge in [0, 0.05) is 11.4 Å². The van der Waals surface area contributed by atoms with E-state index < -0.39 is 9.52 Å². The molecule has 0 atom stereocenters. The van der Waals surface area contributed by atoms with Crippen LogP contribution in [0.15, 0.2) is 97.1 Å². The summed E-state index contributed by atoms with van der Waals surface area (Å²) in [6, 6.07) is 34.7. The number of benzene rings is 4. The summed E-state index contributed by atoms with van der Waals surface area (Å²) >= 11 is 0. The average molecular weight is 423 g/mol. The molecule has 0 saturated carbocycles. The third-order valence-electron chi connectivity index (χ3n) is 5.70. The average Bonchev–Trinajstić information content (AvgIpc) is 2.77. The summed E-state index contributed by atoms with van der Waals surface area (Å²) in [6.45, 7) is 0. The molecule has 4 rings (SSSR count). The number of aryl methyl sites for hydroxylation is 4. The van der Waals surface area contributed by atoms with E-state index in [9.17, 15) is 0 Å². The maximum absolute atomic E-state index is 5.91. The van der Waals surface area contributed by atoms with Crippen molar-refractivity contribution in [2.24, 2.45) is 0 Å². The zero-order chi connectivity index (χ0) is 21.5. The Morgan fingerprint density at radius 1 is 0.452 bits per heavy atom. The van der Waals surface area contributed by atoms with E-state index in [-0.39, 0.29) is 0 Å². The second-order valence-electron chi connectivity index (χ2n) is 8.31. The van der Waals surface area contributed by atoms with Crippen molar-refractivity contribution in [3.63, 3.8) is 0 Å². The molecule has 4 N–H and O–H groups in total. The fraction of sp³-hybridized carbons (Fsp3) is 0.143. The molecule has 156 valence electrons. The zero-order valence-electron chi connectivity index (χ0n) is 17.9. The van der Waals surface area contributed by atoms with Crippen molar-refractivity contribution in [1.82, 2.24) is 0 Å². The number of anilines is 2. The summed E-state index contributed by atoms with van der Waals surface area (Å²) < 4.78 is 0. The number of nitrogens with two attached hydrogens (primary N) is 2. The highest BCUT2D eigenvalue weighted by Gasteiger charge is 2.03. The van der Waals surface area contributed by atoms with Crippen molar-refractivity contribution >= 4 is 31.3 Å². The van der Waals surface area contributed by atoms with Gasteiger partial charge < -0.3 is 11.5 Å². The van der Waals surface area contributed by atoms with Crippen LogP contribution in [0.2, 0.25) is 0 Å². The molecule has 0 aliphatic rings. The molecule has 0 aliphatic heterocycles. The van der Waals surface area contributed by atoms with Crippen LogP contribution in [-0.4, -0.2) is 9.52 Å². The highest BCUT2D eigenvalue weighted by Crippen LogP contribution is 2.11. The molecule has 2 nitrogen and oxygen atoms in total. The smallest absolute Gasteiger partial charge is 0.0875 e. The van der Waals surface area contributed by atoms with E-state index in [1.54, 1.807) is 0 Å². The van der Waals surface area contributed by atoms with Crippen LogP contribution in [0.3, 0.4) is 0 Å². The van der Waals surface area contributed by atoms with E-state index in [0.29, 0.717) is 0 Å². The predicted molar refractivity (Wildman–Crippen MR) is 137 cm³/mol. The van der Waals surface area contributed by atoms with Gasteiger partial charge in [0.05, 0.1) is 9.52 Å². The Balaban J connectivity index is 1.37. The molecule has 0 unspecified atom stereocenters. The lowest BCUT2D eigenvalue weighted by Gasteiger charge is -2.08. The van der Waals surface area contributed by atoms with Gasteiger partial charge in [0.25, 0.3) is 0 Å². The Kier molecular flexibility index (Phi) is 6.85. The number of hydrogen-bond donors (Lipinski definition) is 2. The third kappa shape index (κ3) is 6.34. The molecule has 0 spiro atoms. The Labute approximate surface area is 187 Å². The van der Waals surface area contributed by atoms with Crippen molar-refractivity contribution in [1.29, 1.82) is 0 Å². The van der Waals surface area contributed by atoms with E-state index in [2.05, 4.69) is 72.8 Å². The van der Waals surface area contributed by atoms with Crippen LogP contribution >= 0.6 is 0 Å². The molecular weight excluding hydrogens is 392 g/mol. The Morgan fingerprint density at radius 3 is 1.19 bits per heavy atom. The van der Waals surface area contributed by atoms with Crippen molar-refractivity contribution in [2.45, 2.75) is 25.7 Å². The molecule has 0 aliphatic carbocycles. The maximum Gasteiger partial charge on any atom is 0.0875 e. The minimum Gasteiger partial charge on any atom is -0.399 e. The molecule has 4 aromatic carbocycles. The first-order valence-corrected chi connectivity index (χ1v) is 12.4. The van der Waals surface area contributed by atoms with E-state index in [1.807, 2.05) is 24.3 Å². The van der Waals surface area contributed by atoms with Gasteiger partial charge in [-0.2, -0.15) is 0 Å². The lowest BCUT2D eigenvalue weighted by Crippen LogP contribution is -2.27. The monoisotopic (exact) mass is 422 g/mol. The van der Waals surface area contributed by atoms with Gasteiger partial charge in [0.2, 0.25) is 0 Å². The maximum atomic E-state index is 5.91. The summed E-state index contributed by atoms with van der Waals surface area (Å²) in [5.74, 6) is 0. The van der Waals surface area contributed by atoms with Crippen molar-refractivity contribution < 1.29 is 0 Å². The summed E-state index contributed by atoms with van der Waals surface area (Å²) in [5, 5.41) is 3.00. The quantitative estimate of drug-likeness (QED) is 0.337. The van der Waals surface area contributed by atoms with Crippen LogP contribution in [0.25, 0.3) is 0 Å². The first-order chi connectivity index (χ1) is 15.1. The van der Waals surface area contributed by atoms with Crippen LogP contribution in [0, 0.1) is 0 Å². The Morgan fingerprint density at radius 2 is 0.806 bits per heavy atom. The van der Waals surface area contributed by atoms with E-state index in [0.717, 1.165) is 37.1 Å². The minimum atomic E-state index is -0.489. The number of nitrogen functional groups attached to an aromatic ring is 2. The Hall–Kier alpha value is -3.30. The normalized spacial score (nSPS) is 10.8. The van der Waals surface area contributed by atoms with Gasteiger partial charge in [-0.1, -0.05) is 83.2 Å². The molecule has 31 heavy (non-hydrogen) atoms. The minimum absolute atomic E-state index is 0.489. The standard InChI is InChI=1S/C28H30N2Si/c29-25-9-1-5-21(17-25)13-15-23-7-3-11-27(19-23)31-28-12-4-8-24(20-28)16-14-22-6-2-10-26(30)18-22/h1-12,17-20H,13-16,29-31H2. The molecule has 0 heterocycles. The van der Waals surface area contributed by atoms with Gasteiger partial charge in [-0.15, -0.1) is 0 Å². The van der Waals surface area contributed by atoms with Crippen LogP contribution in [-0.2, 0) is 25.7 Å². The molecule has 0 aromatic heterocycles. The predicted octanol–water partition coefficient (Wildman–Crippen LogP) is 3.54. The second kappa shape index (κ2) is 10.1. The van der Waals surface area contributed by atoms with E-state index in [4.69, 9.17) is 11.5 Å². The fourth-order valence-electron chi connectivity index (χ4n) is 4.10. The van der Waals surface area contributed by atoms with Gasteiger partial charge in [-0.25, -0.2) is 0 Å². The molecule has 0 fully saturated rings. The first-order valence-electron chi connectivity index (χ1n) is 11.0. The van der Waals surface area contributed by atoms with Crippen LogP contribution in [0.4, 0.5) is 11.4 Å². The molecule has 0 saturated heterocycles. The molecule has 0 radical (unpaired) electrons. The highest BCUT2D eigenvalue weighted by atomic mass is 28.2. The lowest BCUT2D eigenvalue weighted by molar-refractivity contribution is 0.962. The lowest BCUT2D eigenvalue weighted by atomic mass is 10.0. The summed E-state index contributed by atoms with van der Waals surface area (Å²) in [5.41, 5.74) is 18.9.